The Bertz CT molecular complexity index is 289. The van der Waals surface area contributed by atoms with Crippen LogP contribution in [0.15, 0.2) is 23.2 Å². The van der Waals surface area contributed by atoms with Crippen LogP contribution in [0.25, 0.3) is 0 Å². The molecule has 1 aliphatic heterocycles. The average molecular weight is 132 g/mol. The minimum Gasteiger partial charge on any atom is -0.398 e. The Balaban J connectivity index is 2.66. The Kier molecular flexibility index (Phi) is 1.01. The number of aliphatic imine (C=N–C) groups is 1. The van der Waals surface area contributed by atoms with Crippen molar-refractivity contribution >= 4 is 11.9 Å². The molecule has 0 amide bonds. The van der Waals surface area contributed by atoms with Crippen LogP contribution in [0.2, 0.25) is 0 Å². The van der Waals surface area contributed by atoms with Crippen molar-refractivity contribution in [3.05, 3.63) is 29.3 Å². The molecular weight excluding hydrogens is 124 g/mol. The summed E-state index contributed by atoms with van der Waals surface area (Å²) < 4.78 is 0. The normalized spacial score (nSPS) is 13.6. The molecule has 10 heavy (non-hydrogen) atoms. The standard InChI is InChI=1S/C8H8N2/c9-8-3-1-2-6-4-10-5-7(6)8/h1-4H,5,9H2. The van der Waals surface area contributed by atoms with E-state index in [2.05, 4.69) is 4.99 Å². The molecule has 0 aliphatic carbocycles. The molecule has 1 aromatic carbocycles. The second kappa shape index (κ2) is 1.84. The van der Waals surface area contributed by atoms with E-state index in [-0.39, 0.29) is 0 Å². The van der Waals surface area contributed by atoms with Gasteiger partial charge >= 0.3 is 0 Å². The van der Waals surface area contributed by atoms with Crippen LogP contribution in [0.1, 0.15) is 11.1 Å². The van der Waals surface area contributed by atoms with E-state index in [1.807, 2.05) is 24.4 Å². The number of hydrogen-bond donors (Lipinski definition) is 1. The lowest BCUT2D eigenvalue weighted by molar-refractivity contribution is 1.12. The molecule has 1 aromatic rings. The third-order valence-corrected chi connectivity index (χ3v) is 1.73. The monoisotopic (exact) mass is 132 g/mol. The van der Waals surface area contributed by atoms with Crippen molar-refractivity contribution in [3.8, 4) is 0 Å². The molecule has 50 valence electrons. The van der Waals surface area contributed by atoms with Crippen molar-refractivity contribution in [2.75, 3.05) is 5.73 Å². The van der Waals surface area contributed by atoms with Gasteiger partial charge in [0.25, 0.3) is 0 Å². The molecule has 2 rings (SSSR count). The molecule has 0 bridgehead atoms. The maximum absolute atomic E-state index is 5.69. The Morgan fingerprint density at radius 3 is 3.10 bits per heavy atom. The van der Waals surface area contributed by atoms with Gasteiger partial charge in [0.15, 0.2) is 0 Å². The summed E-state index contributed by atoms with van der Waals surface area (Å²) >= 11 is 0. The zero-order chi connectivity index (χ0) is 6.97. The van der Waals surface area contributed by atoms with E-state index < -0.39 is 0 Å². The fourth-order valence-corrected chi connectivity index (χ4v) is 1.16. The van der Waals surface area contributed by atoms with Crippen LogP contribution >= 0.6 is 0 Å². The Morgan fingerprint density at radius 2 is 2.30 bits per heavy atom. The number of nitrogen functional groups attached to an aromatic ring is 1. The molecule has 2 nitrogen and oxygen atoms in total. The van der Waals surface area contributed by atoms with E-state index in [1.54, 1.807) is 0 Å². The van der Waals surface area contributed by atoms with Crippen LogP contribution in [0, 0.1) is 0 Å². The molecule has 0 aromatic heterocycles. The van der Waals surface area contributed by atoms with Gasteiger partial charge in [-0.2, -0.15) is 0 Å². The molecule has 2 heteroatoms. The molecule has 0 spiro atoms. The summed E-state index contributed by atoms with van der Waals surface area (Å²) in [5, 5.41) is 0. The van der Waals surface area contributed by atoms with Crippen molar-refractivity contribution in [1.82, 2.24) is 0 Å². The SMILES string of the molecule is Nc1cccc2c1CN=C2. The van der Waals surface area contributed by atoms with Gasteiger partial charge in [-0.05, 0) is 11.6 Å². The molecule has 0 radical (unpaired) electrons. The molecule has 1 aliphatic rings. The van der Waals surface area contributed by atoms with Gasteiger partial charge in [-0.3, -0.25) is 4.99 Å². The van der Waals surface area contributed by atoms with Crippen LogP contribution in [-0.2, 0) is 6.54 Å². The maximum Gasteiger partial charge on any atom is 0.0666 e. The highest BCUT2D eigenvalue weighted by Crippen LogP contribution is 2.20. The molecular formula is C8H8N2. The van der Waals surface area contributed by atoms with Crippen LogP contribution in [-0.4, -0.2) is 6.21 Å². The minimum atomic E-state index is 0.752. The van der Waals surface area contributed by atoms with Crippen LogP contribution in [0.3, 0.4) is 0 Å². The van der Waals surface area contributed by atoms with E-state index in [4.69, 9.17) is 5.73 Å². The van der Waals surface area contributed by atoms with E-state index in [1.165, 1.54) is 11.1 Å². The lowest BCUT2D eigenvalue weighted by atomic mass is 10.1. The van der Waals surface area contributed by atoms with Gasteiger partial charge in [-0.1, -0.05) is 12.1 Å². The third kappa shape index (κ3) is 0.620. The maximum atomic E-state index is 5.69. The highest BCUT2D eigenvalue weighted by molar-refractivity contribution is 5.86. The summed E-state index contributed by atoms with van der Waals surface area (Å²) in [6, 6.07) is 5.89. The summed E-state index contributed by atoms with van der Waals surface area (Å²) in [7, 11) is 0. The number of nitrogens with two attached hydrogens (primary N) is 1. The fourth-order valence-electron chi connectivity index (χ4n) is 1.16. The van der Waals surface area contributed by atoms with Crippen LogP contribution in [0.5, 0.6) is 0 Å². The first kappa shape index (κ1) is 5.47. The Morgan fingerprint density at radius 1 is 1.40 bits per heavy atom. The van der Waals surface area contributed by atoms with Crippen LogP contribution < -0.4 is 5.73 Å². The number of fused-ring (bicyclic) bond motifs is 1. The summed E-state index contributed by atoms with van der Waals surface area (Å²) in [5.41, 5.74) is 8.88. The van der Waals surface area contributed by atoms with E-state index in [0.717, 1.165) is 12.2 Å². The van der Waals surface area contributed by atoms with Crippen LogP contribution in [0.4, 0.5) is 5.69 Å². The lowest BCUT2D eigenvalue weighted by Crippen LogP contribution is -1.92. The second-order valence-corrected chi connectivity index (χ2v) is 2.38. The van der Waals surface area contributed by atoms with Gasteiger partial charge in [0, 0.05) is 17.5 Å². The van der Waals surface area contributed by atoms with Gasteiger partial charge in [-0.25, -0.2) is 0 Å². The zero-order valence-corrected chi connectivity index (χ0v) is 5.54. The number of benzene rings is 1. The van der Waals surface area contributed by atoms with Gasteiger partial charge in [0.05, 0.1) is 6.54 Å². The van der Waals surface area contributed by atoms with Gasteiger partial charge in [0.1, 0.15) is 0 Å². The van der Waals surface area contributed by atoms with Gasteiger partial charge in [-0.15, -0.1) is 0 Å². The fraction of sp³-hybridized carbons (Fsp3) is 0.125. The Hall–Kier alpha value is -1.31. The van der Waals surface area contributed by atoms with Crippen molar-refractivity contribution < 1.29 is 0 Å². The van der Waals surface area contributed by atoms with Crippen molar-refractivity contribution in [2.24, 2.45) is 4.99 Å². The average Bonchev–Trinajstić information content (AvgIpc) is 2.36. The molecule has 0 atom stereocenters. The highest BCUT2D eigenvalue weighted by atomic mass is 14.7. The molecule has 2 N–H and O–H groups in total. The van der Waals surface area contributed by atoms with E-state index in [9.17, 15) is 0 Å². The first-order chi connectivity index (χ1) is 4.88. The second-order valence-electron chi connectivity index (χ2n) is 2.38. The number of nitrogens with zero attached hydrogens (tertiary/aromatic N) is 1. The molecule has 0 saturated carbocycles. The lowest BCUT2D eigenvalue weighted by Gasteiger charge is -1.99. The van der Waals surface area contributed by atoms with Gasteiger partial charge < -0.3 is 5.73 Å². The van der Waals surface area contributed by atoms with Crippen molar-refractivity contribution in [2.45, 2.75) is 6.54 Å². The van der Waals surface area contributed by atoms with E-state index in [0.29, 0.717) is 0 Å². The first-order valence-corrected chi connectivity index (χ1v) is 3.25. The predicted molar refractivity (Wildman–Crippen MR) is 42.2 cm³/mol. The molecule has 0 fully saturated rings. The summed E-state index contributed by atoms with van der Waals surface area (Å²) in [4.78, 5) is 4.11. The summed E-state index contributed by atoms with van der Waals surface area (Å²) in [6.07, 6.45) is 1.87. The topological polar surface area (TPSA) is 38.4 Å². The molecule has 0 saturated heterocycles. The number of hydrogen-bond acceptors (Lipinski definition) is 2. The van der Waals surface area contributed by atoms with Gasteiger partial charge in [0.2, 0.25) is 0 Å². The molecule has 1 heterocycles. The van der Waals surface area contributed by atoms with E-state index >= 15 is 0 Å². The summed E-state index contributed by atoms with van der Waals surface area (Å²) in [5.74, 6) is 0. The number of rotatable bonds is 0. The molecule has 0 unspecified atom stereocenters. The first-order valence-electron chi connectivity index (χ1n) is 3.25. The largest absolute Gasteiger partial charge is 0.398 e. The smallest absolute Gasteiger partial charge is 0.0666 e. The number of anilines is 1. The Labute approximate surface area is 59.4 Å². The predicted octanol–water partition coefficient (Wildman–Crippen LogP) is 1.20. The minimum absolute atomic E-state index is 0.752. The third-order valence-electron chi connectivity index (χ3n) is 1.73. The highest BCUT2D eigenvalue weighted by Gasteiger charge is 2.06. The zero-order valence-electron chi connectivity index (χ0n) is 5.54. The van der Waals surface area contributed by atoms with Crippen molar-refractivity contribution in [1.29, 1.82) is 0 Å². The van der Waals surface area contributed by atoms with Crippen molar-refractivity contribution in [3.63, 3.8) is 0 Å². The summed E-state index contributed by atoms with van der Waals surface area (Å²) in [6.45, 7) is 0.752. The quantitative estimate of drug-likeness (QED) is 0.529.